The van der Waals surface area contributed by atoms with Crippen molar-refractivity contribution < 1.29 is 0 Å². The summed E-state index contributed by atoms with van der Waals surface area (Å²) in [7, 11) is 0. The molecule has 0 heteroatoms. The van der Waals surface area contributed by atoms with Crippen molar-refractivity contribution in [1.29, 1.82) is 0 Å². The van der Waals surface area contributed by atoms with E-state index in [1.807, 2.05) is 0 Å². The smallest absolute Gasteiger partial charge is 0.0354 e. The van der Waals surface area contributed by atoms with Gasteiger partial charge in [0, 0.05) is 0 Å². The normalized spacial score (nSPS) is 34.6. The SMILES string of the molecule is CC1CC(C(C)C(C)(C)C)C1. The highest BCUT2D eigenvalue weighted by molar-refractivity contribution is 4.85. The zero-order valence-corrected chi connectivity index (χ0v) is 8.65. The third kappa shape index (κ3) is 1.98. The van der Waals surface area contributed by atoms with Gasteiger partial charge in [-0.05, 0) is 36.0 Å². The predicted molar refractivity (Wildman–Crippen MR) is 50.5 cm³/mol. The predicted octanol–water partition coefficient (Wildman–Crippen LogP) is 3.71. The minimum absolute atomic E-state index is 0.519. The molecule has 1 fully saturated rings. The zero-order chi connectivity index (χ0) is 8.65. The van der Waals surface area contributed by atoms with Crippen LogP contribution in [-0.2, 0) is 0 Å². The first-order chi connectivity index (χ1) is 4.91. The lowest BCUT2D eigenvalue weighted by Crippen LogP contribution is -2.34. The third-order valence-corrected chi connectivity index (χ3v) is 3.48. The maximum absolute atomic E-state index is 2.41. The molecule has 1 aliphatic carbocycles. The van der Waals surface area contributed by atoms with Gasteiger partial charge >= 0.3 is 0 Å². The van der Waals surface area contributed by atoms with Gasteiger partial charge in [0.25, 0.3) is 0 Å². The molecule has 1 aliphatic rings. The summed E-state index contributed by atoms with van der Waals surface area (Å²) in [5, 5.41) is 0. The summed E-state index contributed by atoms with van der Waals surface area (Å²) in [5.74, 6) is 2.92. The molecule has 0 aromatic heterocycles. The summed E-state index contributed by atoms with van der Waals surface area (Å²) < 4.78 is 0. The average Bonchev–Trinajstić information content (AvgIpc) is 1.77. The van der Waals surface area contributed by atoms with Gasteiger partial charge in [-0.1, -0.05) is 34.6 Å². The van der Waals surface area contributed by atoms with Gasteiger partial charge < -0.3 is 0 Å². The number of rotatable bonds is 1. The number of hydrogen-bond acceptors (Lipinski definition) is 0. The summed E-state index contributed by atoms with van der Waals surface area (Å²) in [6, 6.07) is 0. The van der Waals surface area contributed by atoms with E-state index in [-0.39, 0.29) is 0 Å². The van der Waals surface area contributed by atoms with Crippen molar-refractivity contribution in [2.75, 3.05) is 0 Å². The van der Waals surface area contributed by atoms with Gasteiger partial charge in [-0.25, -0.2) is 0 Å². The summed E-state index contributed by atoms with van der Waals surface area (Å²) in [6.45, 7) is 11.9. The first-order valence-electron chi connectivity index (χ1n) is 4.91. The maximum Gasteiger partial charge on any atom is -0.0354 e. The van der Waals surface area contributed by atoms with E-state index in [4.69, 9.17) is 0 Å². The Labute approximate surface area is 71.4 Å². The van der Waals surface area contributed by atoms with Crippen molar-refractivity contribution >= 4 is 0 Å². The Morgan fingerprint density at radius 3 is 1.91 bits per heavy atom. The van der Waals surface area contributed by atoms with Crippen LogP contribution in [0.15, 0.2) is 0 Å². The lowest BCUT2D eigenvalue weighted by molar-refractivity contribution is 0.0727. The molecule has 0 radical (unpaired) electrons. The van der Waals surface area contributed by atoms with Crippen LogP contribution in [0.25, 0.3) is 0 Å². The van der Waals surface area contributed by atoms with Gasteiger partial charge in [-0.15, -0.1) is 0 Å². The van der Waals surface area contributed by atoms with Crippen molar-refractivity contribution in [2.24, 2.45) is 23.2 Å². The molecule has 0 saturated heterocycles. The van der Waals surface area contributed by atoms with E-state index in [1.165, 1.54) is 12.8 Å². The Bertz CT molecular complexity index is 123. The highest BCUT2D eigenvalue weighted by Crippen LogP contribution is 2.44. The molecular weight excluding hydrogens is 132 g/mol. The third-order valence-electron chi connectivity index (χ3n) is 3.48. The quantitative estimate of drug-likeness (QED) is 0.540. The molecule has 0 N–H and O–H groups in total. The lowest BCUT2D eigenvalue weighted by Gasteiger charge is -2.43. The summed E-state index contributed by atoms with van der Waals surface area (Å²) in [6.07, 6.45) is 2.94. The lowest BCUT2D eigenvalue weighted by atomic mass is 9.63. The van der Waals surface area contributed by atoms with E-state index in [0.717, 1.165) is 17.8 Å². The van der Waals surface area contributed by atoms with E-state index < -0.39 is 0 Å². The van der Waals surface area contributed by atoms with E-state index in [0.29, 0.717) is 5.41 Å². The molecular formula is C11H22. The van der Waals surface area contributed by atoms with E-state index in [9.17, 15) is 0 Å². The van der Waals surface area contributed by atoms with Crippen LogP contribution in [0.1, 0.15) is 47.5 Å². The Balaban J connectivity index is 2.38. The molecule has 0 aromatic rings. The number of hydrogen-bond donors (Lipinski definition) is 0. The van der Waals surface area contributed by atoms with Crippen molar-refractivity contribution in [3.05, 3.63) is 0 Å². The van der Waals surface area contributed by atoms with Crippen LogP contribution in [0, 0.1) is 23.2 Å². The Kier molecular flexibility index (Phi) is 2.32. The molecule has 1 saturated carbocycles. The van der Waals surface area contributed by atoms with Gasteiger partial charge in [0.05, 0.1) is 0 Å². The standard InChI is InChI=1S/C11H22/c1-8-6-10(7-8)9(2)11(3,4)5/h8-10H,6-7H2,1-5H3. The molecule has 0 spiro atoms. The van der Waals surface area contributed by atoms with E-state index in [1.54, 1.807) is 0 Å². The van der Waals surface area contributed by atoms with Crippen LogP contribution in [0.3, 0.4) is 0 Å². The monoisotopic (exact) mass is 154 g/mol. The largest absolute Gasteiger partial charge is 0.0625 e. The molecule has 0 bridgehead atoms. The average molecular weight is 154 g/mol. The molecule has 0 heterocycles. The first kappa shape index (κ1) is 9.09. The van der Waals surface area contributed by atoms with Crippen LogP contribution in [0.4, 0.5) is 0 Å². The van der Waals surface area contributed by atoms with Crippen LogP contribution >= 0.6 is 0 Å². The van der Waals surface area contributed by atoms with Crippen molar-refractivity contribution in [2.45, 2.75) is 47.5 Å². The van der Waals surface area contributed by atoms with Gasteiger partial charge in [-0.3, -0.25) is 0 Å². The molecule has 1 atom stereocenters. The van der Waals surface area contributed by atoms with Gasteiger partial charge in [0.15, 0.2) is 0 Å². The zero-order valence-electron chi connectivity index (χ0n) is 8.65. The van der Waals surface area contributed by atoms with Crippen LogP contribution < -0.4 is 0 Å². The molecule has 11 heavy (non-hydrogen) atoms. The van der Waals surface area contributed by atoms with Crippen molar-refractivity contribution in [3.63, 3.8) is 0 Å². The maximum atomic E-state index is 2.41. The molecule has 0 aromatic carbocycles. The van der Waals surface area contributed by atoms with Crippen molar-refractivity contribution in [1.82, 2.24) is 0 Å². The first-order valence-corrected chi connectivity index (χ1v) is 4.91. The summed E-state index contributed by atoms with van der Waals surface area (Å²) >= 11 is 0. The fourth-order valence-corrected chi connectivity index (χ4v) is 2.08. The van der Waals surface area contributed by atoms with Crippen LogP contribution in [-0.4, -0.2) is 0 Å². The second kappa shape index (κ2) is 2.80. The second-order valence-corrected chi connectivity index (χ2v) is 5.49. The molecule has 66 valence electrons. The topological polar surface area (TPSA) is 0 Å². The highest BCUT2D eigenvalue weighted by atomic mass is 14.4. The molecule has 0 amide bonds. The minimum Gasteiger partial charge on any atom is -0.0625 e. The van der Waals surface area contributed by atoms with Gasteiger partial charge in [0.2, 0.25) is 0 Å². The van der Waals surface area contributed by atoms with E-state index in [2.05, 4.69) is 34.6 Å². The Morgan fingerprint density at radius 1 is 1.18 bits per heavy atom. The Hall–Kier alpha value is 0. The van der Waals surface area contributed by atoms with Crippen LogP contribution in [0.5, 0.6) is 0 Å². The summed E-state index contributed by atoms with van der Waals surface area (Å²) in [4.78, 5) is 0. The van der Waals surface area contributed by atoms with Gasteiger partial charge in [0.1, 0.15) is 0 Å². The second-order valence-electron chi connectivity index (χ2n) is 5.49. The van der Waals surface area contributed by atoms with Crippen molar-refractivity contribution in [3.8, 4) is 0 Å². The molecule has 1 rings (SSSR count). The Morgan fingerprint density at radius 2 is 1.64 bits per heavy atom. The highest BCUT2D eigenvalue weighted by Gasteiger charge is 2.35. The van der Waals surface area contributed by atoms with Crippen LogP contribution in [0.2, 0.25) is 0 Å². The summed E-state index contributed by atoms with van der Waals surface area (Å²) in [5.41, 5.74) is 0.519. The molecule has 0 aliphatic heterocycles. The van der Waals surface area contributed by atoms with Gasteiger partial charge in [-0.2, -0.15) is 0 Å². The van der Waals surface area contributed by atoms with E-state index >= 15 is 0 Å². The minimum atomic E-state index is 0.519. The molecule has 1 unspecified atom stereocenters. The fraction of sp³-hybridized carbons (Fsp3) is 1.00. The fourth-order valence-electron chi connectivity index (χ4n) is 2.08. The molecule has 0 nitrogen and oxygen atoms in total.